The van der Waals surface area contributed by atoms with E-state index in [2.05, 4.69) is 11.9 Å². The Kier molecular flexibility index (Phi) is 15.6. The minimum Gasteiger partial charge on any atom is -0.495 e. The van der Waals surface area contributed by atoms with Crippen LogP contribution in [-0.2, 0) is 9.57 Å². The van der Waals surface area contributed by atoms with E-state index in [0.29, 0.717) is 18.1 Å². The molecule has 0 unspecified atom stereocenters. The van der Waals surface area contributed by atoms with Gasteiger partial charge in [0.05, 0.1) is 19.9 Å². The first-order valence-electron chi connectivity index (χ1n) is 8.63. The molecule has 0 radical (unpaired) electrons. The van der Waals surface area contributed by atoms with Gasteiger partial charge in [0.15, 0.2) is 0 Å². The summed E-state index contributed by atoms with van der Waals surface area (Å²) < 4.78 is 4.85. The molecule has 8 nitrogen and oxygen atoms in total. The molecule has 0 bridgehead atoms. The van der Waals surface area contributed by atoms with Crippen LogP contribution in [-0.4, -0.2) is 48.6 Å². The predicted octanol–water partition coefficient (Wildman–Crippen LogP) is 3.86. The highest BCUT2D eigenvalue weighted by Crippen LogP contribution is 2.14. The molecule has 0 aliphatic heterocycles. The first kappa shape index (κ1) is 26.8. The molecule has 0 rings (SSSR count). The van der Waals surface area contributed by atoms with Crippen LogP contribution >= 0.6 is 0 Å². The number of nitrogens with zero attached hydrogens (tertiary/aromatic N) is 1. The van der Waals surface area contributed by atoms with Gasteiger partial charge in [-0.25, -0.2) is 4.79 Å². The lowest BCUT2D eigenvalue weighted by Crippen LogP contribution is -2.37. The molecule has 0 aromatic heterocycles. The molecule has 0 spiro atoms. The van der Waals surface area contributed by atoms with Crippen LogP contribution in [0.25, 0.3) is 0 Å². The van der Waals surface area contributed by atoms with E-state index >= 15 is 0 Å². The van der Waals surface area contributed by atoms with Gasteiger partial charge in [0, 0.05) is 18.8 Å². The Bertz CT molecular complexity index is 529. The van der Waals surface area contributed by atoms with Gasteiger partial charge in [-0.15, -0.1) is 0 Å². The maximum absolute atomic E-state index is 11.5. The normalized spacial score (nSPS) is 11.3. The van der Waals surface area contributed by atoms with E-state index in [9.17, 15) is 4.79 Å². The molecule has 0 atom stereocenters. The molecule has 0 aliphatic carbocycles. The maximum Gasteiger partial charge on any atom is 0.347 e. The molecule has 0 aromatic rings. The Hall–Kier alpha value is -2.45. The monoisotopic (exact) mass is 384 g/mol. The number of aliphatic hydroxyl groups excluding tert-OH is 1. The first-order chi connectivity index (χ1) is 12.7. The molecular weight excluding hydrogens is 348 g/mol. The standard InChI is InChI=1S/C12H21N3O4.C7H13N.H2/c1-3-4-8-19-15(12(17)14-10-16)7-5-6-11(9-13)18-2;1-5-6(8)7(2,3)4;/h5-7,9,13,16H,3-4,8,10H2,1-2H3,(H,14,17);5,8H,1H2,2-4H3;1H/b7-5+,11-6+,13-9?;;. The Morgan fingerprint density at radius 2 is 2.04 bits per heavy atom. The highest BCUT2D eigenvalue weighted by Gasteiger charge is 2.12. The summed E-state index contributed by atoms with van der Waals surface area (Å²) in [5, 5.41) is 26.1. The van der Waals surface area contributed by atoms with Gasteiger partial charge in [0.25, 0.3) is 0 Å². The number of ether oxygens (including phenoxy) is 1. The van der Waals surface area contributed by atoms with Crippen LogP contribution in [0.15, 0.2) is 36.8 Å². The fourth-order valence-corrected chi connectivity index (χ4v) is 1.32. The third-order valence-corrected chi connectivity index (χ3v) is 3.03. The van der Waals surface area contributed by atoms with E-state index in [-0.39, 0.29) is 6.84 Å². The summed E-state index contributed by atoms with van der Waals surface area (Å²) in [6, 6.07) is -0.572. The van der Waals surface area contributed by atoms with Crippen LogP contribution in [0.4, 0.5) is 4.79 Å². The van der Waals surface area contributed by atoms with E-state index in [4.69, 9.17) is 25.5 Å². The fourth-order valence-electron chi connectivity index (χ4n) is 1.32. The summed E-state index contributed by atoms with van der Waals surface area (Å²) in [7, 11) is 1.44. The largest absolute Gasteiger partial charge is 0.495 e. The van der Waals surface area contributed by atoms with Crippen molar-refractivity contribution >= 4 is 18.0 Å². The summed E-state index contributed by atoms with van der Waals surface area (Å²) in [5.41, 5.74) is 0.569. The number of methoxy groups -OCH3 is 1. The quantitative estimate of drug-likeness (QED) is 0.114. The maximum atomic E-state index is 11.5. The van der Waals surface area contributed by atoms with Crippen LogP contribution < -0.4 is 5.32 Å². The third kappa shape index (κ3) is 14.4. The molecule has 0 saturated heterocycles. The second-order valence-corrected chi connectivity index (χ2v) is 6.28. The van der Waals surface area contributed by atoms with E-state index in [1.807, 2.05) is 27.7 Å². The summed E-state index contributed by atoms with van der Waals surface area (Å²) in [6.07, 6.45) is 8.78. The van der Waals surface area contributed by atoms with Crippen molar-refractivity contribution in [1.29, 1.82) is 10.8 Å². The van der Waals surface area contributed by atoms with Gasteiger partial charge in [0.1, 0.15) is 12.5 Å². The van der Waals surface area contributed by atoms with Crippen LogP contribution in [0, 0.1) is 16.2 Å². The average Bonchev–Trinajstić information content (AvgIpc) is 2.63. The second kappa shape index (κ2) is 15.8. The van der Waals surface area contributed by atoms with Gasteiger partial charge in [-0.2, -0.15) is 5.06 Å². The van der Waals surface area contributed by atoms with E-state index in [1.165, 1.54) is 25.5 Å². The van der Waals surface area contributed by atoms with Crippen molar-refractivity contribution in [2.24, 2.45) is 5.41 Å². The van der Waals surface area contributed by atoms with Gasteiger partial charge >= 0.3 is 6.03 Å². The smallest absolute Gasteiger partial charge is 0.347 e. The van der Waals surface area contributed by atoms with Crippen LogP contribution in [0.2, 0.25) is 0 Å². The lowest BCUT2D eigenvalue weighted by molar-refractivity contribution is -0.0825. The highest BCUT2D eigenvalue weighted by atomic mass is 16.7. The highest BCUT2D eigenvalue weighted by molar-refractivity contribution is 5.95. The van der Waals surface area contributed by atoms with Crippen molar-refractivity contribution in [2.45, 2.75) is 40.5 Å². The van der Waals surface area contributed by atoms with Gasteiger partial charge in [-0.05, 0) is 24.6 Å². The van der Waals surface area contributed by atoms with Crippen molar-refractivity contribution in [2.75, 3.05) is 20.4 Å². The third-order valence-electron chi connectivity index (χ3n) is 3.03. The number of rotatable bonds is 10. The van der Waals surface area contributed by atoms with Gasteiger partial charge in [-0.3, -0.25) is 4.84 Å². The van der Waals surface area contributed by atoms with Gasteiger partial charge in [-0.1, -0.05) is 40.7 Å². The molecule has 8 heteroatoms. The lowest BCUT2D eigenvalue weighted by atomic mass is 9.90. The molecule has 2 amide bonds. The van der Waals surface area contributed by atoms with Crippen molar-refractivity contribution in [3.05, 3.63) is 36.8 Å². The van der Waals surface area contributed by atoms with E-state index in [0.717, 1.165) is 24.1 Å². The summed E-state index contributed by atoms with van der Waals surface area (Å²) in [6.45, 7) is 11.4. The lowest BCUT2D eigenvalue weighted by Gasteiger charge is -2.17. The van der Waals surface area contributed by atoms with Crippen LogP contribution in [0.5, 0.6) is 0 Å². The topological polar surface area (TPSA) is 119 Å². The Morgan fingerprint density at radius 3 is 2.41 bits per heavy atom. The number of carbonyl (C=O) groups excluding carboxylic acids is 1. The number of carbonyl (C=O) groups is 1. The average molecular weight is 385 g/mol. The Morgan fingerprint density at radius 1 is 1.41 bits per heavy atom. The number of hydrogen-bond acceptors (Lipinski definition) is 6. The van der Waals surface area contributed by atoms with Crippen molar-refractivity contribution in [3.63, 3.8) is 0 Å². The van der Waals surface area contributed by atoms with Gasteiger partial charge < -0.3 is 26.0 Å². The zero-order valence-corrected chi connectivity index (χ0v) is 17.0. The van der Waals surface area contributed by atoms with E-state index in [1.54, 1.807) is 6.08 Å². The van der Waals surface area contributed by atoms with Crippen molar-refractivity contribution in [1.82, 2.24) is 10.4 Å². The number of amides is 2. The predicted molar refractivity (Wildman–Crippen MR) is 111 cm³/mol. The van der Waals surface area contributed by atoms with Crippen LogP contribution in [0.1, 0.15) is 42.0 Å². The molecule has 0 heterocycles. The van der Waals surface area contributed by atoms with E-state index < -0.39 is 12.8 Å². The second-order valence-electron chi connectivity index (χ2n) is 6.28. The Labute approximate surface area is 164 Å². The molecule has 0 aliphatic rings. The molecule has 4 N–H and O–H groups in total. The van der Waals surface area contributed by atoms with Crippen molar-refractivity contribution < 1.29 is 20.9 Å². The molecule has 156 valence electrons. The number of nitrogens with one attached hydrogen (secondary N) is 3. The minimum atomic E-state index is -0.572. The molecule has 0 saturated carbocycles. The zero-order valence-electron chi connectivity index (χ0n) is 17.0. The zero-order chi connectivity index (χ0) is 21.3. The number of allylic oxidation sites excluding steroid dienone is 4. The van der Waals surface area contributed by atoms with Crippen molar-refractivity contribution in [3.8, 4) is 0 Å². The van der Waals surface area contributed by atoms with Gasteiger partial charge in [0.2, 0.25) is 0 Å². The number of aliphatic hydroxyl groups is 1. The number of unbranched alkanes of at least 4 members (excludes halogenated alkanes) is 1. The number of hydrogen-bond donors (Lipinski definition) is 4. The SMILES string of the molecule is C=CC(=N)C(C)(C)C.CCCCON(/C=C/C=C(\C=N)OC)C(=O)NCO.[HH]. The molecular formula is C19H36N4O4. The Balaban J connectivity index is -0.000000587. The number of hydroxylamine groups is 2. The fraction of sp³-hybridized carbons (Fsp3) is 0.526. The minimum absolute atomic E-state index is 0. The van der Waals surface area contributed by atoms with Crippen LogP contribution in [0.3, 0.4) is 0 Å². The molecule has 0 fully saturated rings. The summed E-state index contributed by atoms with van der Waals surface area (Å²) in [5.74, 6) is 0.340. The molecule has 27 heavy (non-hydrogen) atoms. The first-order valence-corrected chi connectivity index (χ1v) is 8.63. The number of urea groups is 1. The summed E-state index contributed by atoms with van der Waals surface area (Å²) in [4.78, 5) is 16.8. The molecule has 0 aromatic carbocycles. The summed E-state index contributed by atoms with van der Waals surface area (Å²) >= 11 is 0.